The van der Waals surface area contributed by atoms with Crippen molar-refractivity contribution < 1.29 is 0 Å². The minimum Gasteiger partial charge on any atom is -0.385 e. The number of fused-ring (bicyclic) bond motifs is 1. The highest BCUT2D eigenvalue weighted by molar-refractivity contribution is 9.11. The molecule has 0 saturated heterocycles. The summed E-state index contributed by atoms with van der Waals surface area (Å²) in [4.78, 5) is 2.39. The molecule has 106 valence electrons. The Bertz CT molecular complexity index is 594. The Balaban J connectivity index is 1.71. The van der Waals surface area contributed by atoms with E-state index in [-0.39, 0.29) is 0 Å². The number of nitrogens with one attached hydrogen (secondary N) is 1. The van der Waals surface area contributed by atoms with Crippen LogP contribution in [0.2, 0.25) is 0 Å². The maximum absolute atomic E-state index is 3.53. The highest BCUT2D eigenvalue weighted by Crippen LogP contribution is 2.27. The molecule has 0 fully saturated rings. The van der Waals surface area contributed by atoms with E-state index in [9.17, 15) is 0 Å². The van der Waals surface area contributed by atoms with E-state index in [0.717, 1.165) is 19.6 Å². The van der Waals surface area contributed by atoms with Gasteiger partial charge in [-0.05, 0) is 70.0 Å². The van der Waals surface area contributed by atoms with Crippen LogP contribution in [0, 0.1) is 0 Å². The van der Waals surface area contributed by atoms with Gasteiger partial charge in [0, 0.05) is 25.3 Å². The molecule has 1 N–H and O–H groups in total. The standard InChI is InChI=1S/C16H19BrN2S/c1-19(9-12-8-16(17)20-11-12)10-13-4-2-6-15-14(13)5-3-7-18-15/h2,4,6,8,11,18H,3,5,7,9-10H2,1H3. The first kappa shape index (κ1) is 14.1. The van der Waals surface area contributed by atoms with E-state index in [4.69, 9.17) is 0 Å². The minimum absolute atomic E-state index is 0.999. The molecule has 1 aliphatic heterocycles. The molecular formula is C16H19BrN2S. The summed E-state index contributed by atoms with van der Waals surface area (Å²) >= 11 is 5.29. The van der Waals surface area contributed by atoms with Crippen LogP contribution in [0.15, 0.2) is 33.4 Å². The second kappa shape index (κ2) is 6.29. The van der Waals surface area contributed by atoms with Gasteiger partial charge >= 0.3 is 0 Å². The van der Waals surface area contributed by atoms with E-state index in [0.29, 0.717) is 0 Å². The molecule has 0 aliphatic carbocycles. The molecule has 2 aromatic rings. The van der Waals surface area contributed by atoms with Crippen LogP contribution in [-0.4, -0.2) is 18.5 Å². The van der Waals surface area contributed by atoms with Gasteiger partial charge in [-0.15, -0.1) is 11.3 Å². The summed E-state index contributed by atoms with van der Waals surface area (Å²) in [6.45, 7) is 3.12. The van der Waals surface area contributed by atoms with Crippen molar-refractivity contribution in [3.8, 4) is 0 Å². The molecule has 20 heavy (non-hydrogen) atoms. The Labute approximate surface area is 132 Å². The lowest BCUT2D eigenvalue weighted by atomic mass is 9.97. The topological polar surface area (TPSA) is 15.3 Å². The maximum Gasteiger partial charge on any atom is 0.0701 e. The zero-order chi connectivity index (χ0) is 13.9. The average Bonchev–Trinajstić information content (AvgIpc) is 2.84. The number of hydrogen-bond acceptors (Lipinski definition) is 3. The lowest BCUT2D eigenvalue weighted by Gasteiger charge is -2.24. The lowest BCUT2D eigenvalue weighted by molar-refractivity contribution is 0.318. The highest BCUT2D eigenvalue weighted by atomic mass is 79.9. The van der Waals surface area contributed by atoms with Gasteiger partial charge < -0.3 is 5.32 Å². The van der Waals surface area contributed by atoms with Crippen molar-refractivity contribution in [3.63, 3.8) is 0 Å². The maximum atomic E-state index is 3.53. The fourth-order valence-corrected chi connectivity index (χ4v) is 4.02. The summed E-state index contributed by atoms with van der Waals surface area (Å²) in [5.41, 5.74) is 5.69. The molecule has 4 heteroatoms. The number of thiophene rings is 1. The van der Waals surface area contributed by atoms with Gasteiger partial charge in [-0.2, -0.15) is 0 Å². The van der Waals surface area contributed by atoms with Crippen molar-refractivity contribution in [2.45, 2.75) is 25.9 Å². The van der Waals surface area contributed by atoms with Gasteiger partial charge in [0.25, 0.3) is 0 Å². The number of rotatable bonds is 4. The molecule has 1 aromatic carbocycles. The van der Waals surface area contributed by atoms with Crippen LogP contribution >= 0.6 is 27.3 Å². The smallest absolute Gasteiger partial charge is 0.0701 e. The predicted molar refractivity (Wildman–Crippen MR) is 90.4 cm³/mol. The third-order valence-corrected chi connectivity index (χ3v) is 5.26. The molecular weight excluding hydrogens is 332 g/mol. The van der Waals surface area contributed by atoms with Crippen LogP contribution in [-0.2, 0) is 19.5 Å². The molecule has 0 saturated carbocycles. The van der Waals surface area contributed by atoms with Gasteiger partial charge in [-0.3, -0.25) is 4.90 Å². The van der Waals surface area contributed by atoms with Crippen molar-refractivity contribution in [2.75, 3.05) is 18.9 Å². The van der Waals surface area contributed by atoms with Crippen LogP contribution in [0.25, 0.3) is 0 Å². The predicted octanol–water partition coefficient (Wildman–Crippen LogP) is 4.50. The van der Waals surface area contributed by atoms with E-state index in [1.54, 1.807) is 11.3 Å². The van der Waals surface area contributed by atoms with Crippen LogP contribution < -0.4 is 5.32 Å². The van der Waals surface area contributed by atoms with Gasteiger partial charge in [-0.1, -0.05) is 12.1 Å². The molecule has 0 atom stereocenters. The average molecular weight is 351 g/mol. The number of hydrogen-bond donors (Lipinski definition) is 1. The van der Waals surface area contributed by atoms with Gasteiger partial charge in [0.1, 0.15) is 0 Å². The van der Waals surface area contributed by atoms with Crippen molar-refractivity contribution in [1.82, 2.24) is 4.90 Å². The highest BCUT2D eigenvalue weighted by Gasteiger charge is 2.13. The molecule has 2 nitrogen and oxygen atoms in total. The molecule has 1 aromatic heterocycles. The summed E-state index contributed by atoms with van der Waals surface area (Å²) in [5, 5.41) is 5.73. The number of benzene rings is 1. The van der Waals surface area contributed by atoms with Crippen LogP contribution in [0.5, 0.6) is 0 Å². The molecule has 0 radical (unpaired) electrons. The molecule has 0 bridgehead atoms. The van der Waals surface area contributed by atoms with Gasteiger partial charge in [0.2, 0.25) is 0 Å². The van der Waals surface area contributed by atoms with Crippen LogP contribution in [0.3, 0.4) is 0 Å². The summed E-state index contributed by atoms with van der Waals surface area (Å²) in [6.07, 6.45) is 2.45. The van der Waals surface area contributed by atoms with Gasteiger partial charge in [-0.25, -0.2) is 0 Å². The second-order valence-electron chi connectivity index (χ2n) is 5.40. The Morgan fingerprint density at radius 2 is 2.25 bits per heavy atom. The molecule has 2 heterocycles. The Hall–Kier alpha value is -0.840. The first-order valence-corrected chi connectivity index (χ1v) is 8.66. The van der Waals surface area contributed by atoms with Crippen molar-refractivity contribution in [1.29, 1.82) is 0 Å². The number of halogens is 1. The normalized spacial score (nSPS) is 14.2. The van der Waals surface area contributed by atoms with Gasteiger partial charge in [0.05, 0.1) is 3.79 Å². The zero-order valence-electron chi connectivity index (χ0n) is 11.7. The molecule has 0 spiro atoms. The third kappa shape index (κ3) is 3.25. The lowest BCUT2D eigenvalue weighted by Crippen LogP contribution is -2.20. The molecule has 3 rings (SSSR count). The quantitative estimate of drug-likeness (QED) is 0.873. The second-order valence-corrected chi connectivity index (χ2v) is 7.70. The molecule has 1 aliphatic rings. The van der Waals surface area contributed by atoms with Crippen LogP contribution in [0.4, 0.5) is 5.69 Å². The van der Waals surface area contributed by atoms with Crippen molar-refractivity contribution >= 4 is 33.0 Å². The van der Waals surface area contributed by atoms with Crippen molar-refractivity contribution in [3.05, 3.63) is 50.1 Å². The van der Waals surface area contributed by atoms with Gasteiger partial charge in [0.15, 0.2) is 0 Å². The van der Waals surface area contributed by atoms with E-state index < -0.39 is 0 Å². The summed E-state index contributed by atoms with van der Waals surface area (Å²) in [7, 11) is 2.20. The van der Waals surface area contributed by atoms with Crippen molar-refractivity contribution in [2.24, 2.45) is 0 Å². The van der Waals surface area contributed by atoms with E-state index in [1.165, 1.54) is 39.0 Å². The SMILES string of the molecule is CN(Cc1csc(Br)c1)Cc1cccc2c1CCCN2. The third-order valence-electron chi connectivity index (χ3n) is 3.71. The molecule has 0 unspecified atom stereocenters. The Morgan fingerprint density at radius 3 is 3.05 bits per heavy atom. The summed E-state index contributed by atoms with van der Waals surface area (Å²) in [5.74, 6) is 0. The summed E-state index contributed by atoms with van der Waals surface area (Å²) < 4.78 is 1.21. The Kier molecular flexibility index (Phi) is 4.44. The van der Waals surface area contributed by atoms with E-state index >= 15 is 0 Å². The van der Waals surface area contributed by atoms with Crippen LogP contribution in [0.1, 0.15) is 23.1 Å². The molecule has 0 amide bonds. The first-order chi connectivity index (χ1) is 9.72. The monoisotopic (exact) mass is 350 g/mol. The fraction of sp³-hybridized carbons (Fsp3) is 0.375. The minimum atomic E-state index is 0.999. The number of anilines is 1. The summed E-state index contributed by atoms with van der Waals surface area (Å²) in [6, 6.07) is 8.85. The zero-order valence-corrected chi connectivity index (χ0v) is 14.1. The Morgan fingerprint density at radius 1 is 1.35 bits per heavy atom. The first-order valence-electron chi connectivity index (χ1n) is 6.98. The number of nitrogens with zero attached hydrogens (tertiary/aromatic N) is 1. The van der Waals surface area contributed by atoms with E-state index in [1.807, 2.05) is 0 Å². The largest absolute Gasteiger partial charge is 0.385 e. The van der Waals surface area contributed by atoms with E-state index in [2.05, 4.69) is 62.8 Å². The fourth-order valence-electron chi connectivity index (χ4n) is 2.82.